The van der Waals surface area contributed by atoms with Crippen LogP contribution in [-0.2, 0) is 14.3 Å². The molecule has 162 valence electrons. The van der Waals surface area contributed by atoms with E-state index in [1.54, 1.807) is 23.8 Å². The van der Waals surface area contributed by atoms with Crippen LogP contribution in [0.5, 0.6) is 5.75 Å². The third kappa shape index (κ3) is 5.47. The van der Waals surface area contributed by atoms with E-state index in [9.17, 15) is 9.59 Å². The Labute approximate surface area is 187 Å². The number of halogens is 1. The van der Waals surface area contributed by atoms with Crippen LogP contribution in [-0.4, -0.2) is 57.2 Å². The van der Waals surface area contributed by atoms with Gasteiger partial charge < -0.3 is 31.7 Å². The maximum atomic E-state index is 13.6. The molecule has 1 amide bonds. The second kappa shape index (κ2) is 10.7. The number of rotatable bonds is 6. The number of likely N-dealkylation sites (N-methyl/N-ethyl adjacent to an activating group) is 1. The van der Waals surface area contributed by atoms with Crippen LogP contribution < -0.4 is 22.0 Å². The van der Waals surface area contributed by atoms with Crippen LogP contribution >= 0.6 is 11.8 Å². The van der Waals surface area contributed by atoms with E-state index >= 15 is 0 Å². The Morgan fingerprint density at radius 1 is 1.13 bits per heavy atom. The van der Waals surface area contributed by atoms with Crippen molar-refractivity contribution in [2.75, 3.05) is 39.2 Å². The van der Waals surface area contributed by atoms with E-state index in [4.69, 9.17) is 9.47 Å². The first-order valence-electron chi connectivity index (χ1n) is 9.43. The Morgan fingerprint density at radius 2 is 1.80 bits per heavy atom. The fourth-order valence-corrected chi connectivity index (χ4v) is 4.56. The Morgan fingerprint density at radius 3 is 2.40 bits per heavy atom. The number of anilines is 1. The van der Waals surface area contributed by atoms with Crippen molar-refractivity contribution >= 4 is 29.3 Å². The van der Waals surface area contributed by atoms with Gasteiger partial charge in [0.2, 0.25) is 0 Å². The second-order valence-electron chi connectivity index (χ2n) is 7.10. The summed E-state index contributed by atoms with van der Waals surface area (Å²) < 4.78 is 10.8. The predicted molar refractivity (Wildman–Crippen MR) is 114 cm³/mol. The van der Waals surface area contributed by atoms with Gasteiger partial charge in [-0.2, -0.15) is 0 Å². The number of benzene rings is 2. The van der Waals surface area contributed by atoms with Crippen LogP contribution in [0.4, 0.5) is 5.69 Å². The first-order chi connectivity index (χ1) is 13.9. The number of fused-ring (bicyclic) bond motifs is 1. The minimum atomic E-state index is -0.916. The van der Waals surface area contributed by atoms with E-state index in [1.165, 1.54) is 6.92 Å². The van der Waals surface area contributed by atoms with Gasteiger partial charge in [-0.3, -0.25) is 9.59 Å². The van der Waals surface area contributed by atoms with Crippen LogP contribution in [0, 0.1) is 0 Å². The van der Waals surface area contributed by atoms with Crippen molar-refractivity contribution in [3.63, 3.8) is 0 Å². The molecule has 2 aromatic carbocycles. The predicted octanol–water partition coefficient (Wildman–Crippen LogP) is 0.373. The number of esters is 1. The number of para-hydroxylation sites is 1. The number of hydrogen-bond acceptors (Lipinski definition) is 6. The summed E-state index contributed by atoms with van der Waals surface area (Å²) in [5, 5.41) is -0.359. The zero-order chi connectivity index (χ0) is 21.0. The quantitative estimate of drug-likeness (QED) is 0.594. The summed E-state index contributed by atoms with van der Waals surface area (Å²) in [6.45, 7) is 2.55. The summed E-state index contributed by atoms with van der Waals surface area (Å²) in [6.07, 6.45) is -0.916. The third-order valence-electron chi connectivity index (χ3n) is 4.70. The number of carbonyl (C=O) groups excluding carboxylic acids is 2. The standard InChI is InChI=1S/C22H26N2O4S.ClH/c1-15(25)28-20-21(16-9-11-17(27-4)12-10-16)29-19-8-6-5-7-18(19)24(22(20)26)14-13-23(2)3;/h5-12,20-21H,13-14H2,1-4H3;1H/p-1. The molecule has 0 radical (unpaired) electrons. The van der Waals surface area contributed by atoms with Crippen LogP contribution in [0.25, 0.3) is 0 Å². The third-order valence-corrected chi connectivity index (χ3v) is 6.07. The smallest absolute Gasteiger partial charge is 0.303 e. The van der Waals surface area contributed by atoms with Crippen molar-refractivity contribution in [3.8, 4) is 5.75 Å². The lowest BCUT2D eigenvalue weighted by molar-refractivity contribution is -0.152. The minimum absolute atomic E-state index is 0. The fraction of sp³-hybridized carbons (Fsp3) is 0.364. The van der Waals surface area contributed by atoms with E-state index in [2.05, 4.69) is 0 Å². The van der Waals surface area contributed by atoms with Gasteiger partial charge in [-0.25, -0.2) is 0 Å². The summed E-state index contributed by atoms with van der Waals surface area (Å²) in [5.41, 5.74) is 1.75. The summed E-state index contributed by atoms with van der Waals surface area (Å²) in [7, 11) is 5.54. The van der Waals surface area contributed by atoms with Crippen LogP contribution in [0.1, 0.15) is 17.7 Å². The number of nitrogens with zero attached hydrogens (tertiary/aromatic N) is 2. The van der Waals surface area contributed by atoms with Gasteiger partial charge in [0.1, 0.15) is 5.75 Å². The molecule has 2 aromatic rings. The van der Waals surface area contributed by atoms with Crippen LogP contribution in [0.2, 0.25) is 0 Å². The summed E-state index contributed by atoms with van der Waals surface area (Å²) >= 11 is 1.54. The second-order valence-corrected chi connectivity index (χ2v) is 8.29. The van der Waals surface area contributed by atoms with E-state index in [-0.39, 0.29) is 23.6 Å². The number of hydrogen-bond donors (Lipinski definition) is 0. The monoisotopic (exact) mass is 449 g/mol. The van der Waals surface area contributed by atoms with Gasteiger partial charge in [-0.05, 0) is 43.9 Å². The molecule has 0 spiro atoms. The number of carbonyl (C=O) groups is 2. The average molecular weight is 450 g/mol. The van der Waals surface area contributed by atoms with E-state index in [0.29, 0.717) is 13.1 Å². The molecular formula is C22H26ClN2O4S-. The first kappa shape index (κ1) is 24.1. The largest absolute Gasteiger partial charge is 1.00 e. The number of amides is 1. The van der Waals surface area contributed by atoms with Gasteiger partial charge >= 0.3 is 5.97 Å². The lowest BCUT2D eigenvalue weighted by Crippen LogP contribution is -3.00. The van der Waals surface area contributed by atoms with Gasteiger partial charge in [-0.1, -0.05) is 24.3 Å². The van der Waals surface area contributed by atoms with Gasteiger partial charge in [0.15, 0.2) is 6.10 Å². The van der Waals surface area contributed by atoms with E-state index in [0.717, 1.165) is 21.9 Å². The average Bonchev–Trinajstić information content (AvgIpc) is 2.81. The first-order valence-corrected chi connectivity index (χ1v) is 10.3. The van der Waals surface area contributed by atoms with Gasteiger partial charge in [0, 0.05) is 24.9 Å². The number of thioether (sulfide) groups is 1. The molecule has 30 heavy (non-hydrogen) atoms. The fourth-order valence-electron chi connectivity index (χ4n) is 3.24. The summed E-state index contributed by atoms with van der Waals surface area (Å²) in [5.74, 6) is 0.0528. The lowest BCUT2D eigenvalue weighted by atomic mass is 10.1. The topological polar surface area (TPSA) is 59.1 Å². The molecule has 3 rings (SSSR count). The number of ether oxygens (including phenoxy) is 2. The highest BCUT2D eigenvalue weighted by molar-refractivity contribution is 7.99. The van der Waals surface area contributed by atoms with Crippen molar-refractivity contribution in [2.24, 2.45) is 0 Å². The molecule has 1 heterocycles. The minimum Gasteiger partial charge on any atom is -1.00 e. The van der Waals surface area contributed by atoms with Crippen LogP contribution in [0.3, 0.4) is 0 Å². The van der Waals surface area contributed by atoms with Gasteiger partial charge in [0.05, 0.1) is 18.0 Å². The van der Waals surface area contributed by atoms with Crippen molar-refractivity contribution in [2.45, 2.75) is 23.2 Å². The van der Waals surface area contributed by atoms with Gasteiger partial charge in [-0.15, -0.1) is 11.8 Å². The molecule has 1 aliphatic rings. The molecule has 0 bridgehead atoms. The molecule has 6 nitrogen and oxygen atoms in total. The maximum Gasteiger partial charge on any atom is 0.303 e. The maximum absolute atomic E-state index is 13.6. The zero-order valence-corrected chi connectivity index (χ0v) is 19.1. The molecule has 0 fully saturated rings. The number of methoxy groups -OCH3 is 1. The van der Waals surface area contributed by atoms with Gasteiger partial charge in [0.25, 0.3) is 5.91 Å². The molecule has 1 aliphatic heterocycles. The molecule has 8 heteroatoms. The zero-order valence-electron chi connectivity index (χ0n) is 17.5. The molecule has 2 unspecified atom stereocenters. The summed E-state index contributed by atoms with van der Waals surface area (Å²) in [6, 6.07) is 15.4. The normalized spacial score (nSPS) is 18.3. The highest BCUT2D eigenvalue weighted by Crippen LogP contribution is 2.46. The Hall–Kier alpha value is -2.22. The summed E-state index contributed by atoms with van der Waals surface area (Å²) in [4.78, 5) is 30.2. The molecule has 0 aromatic heterocycles. The Balaban J connectivity index is 0.00000320. The highest BCUT2D eigenvalue weighted by atomic mass is 35.5. The van der Waals surface area contributed by atoms with E-state index in [1.807, 2.05) is 67.5 Å². The Bertz CT molecular complexity index is 876. The van der Waals surface area contributed by atoms with E-state index < -0.39 is 12.1 Å². The van der Waals surface area contributed by atoms with Crippen molar-refractivity contribution in [1.29, 1.82) is 0 Å². The lowest BCUT2D eigenvalue weighted by Gasteiger charge is -2.28. The SMILES string of the molecule is COc1ccc(C2Sc3ccccc3N(CCN(C)C)C(=O)C2OC(C)=O)cc1.[Cl-]. The highest BCUT2D eigenvalue weighted by Gasteiger charge is 2.40. The van der Waals surface area contributed by atoms with Crippen molar-refractivity contribution in [1.82, 2.24) is 4.90 Å². The Kier molecular flexibility index (Phi) is 8.58. The molecule has 0 saturated heterocycles. The molecular weight excluding hydrogens is 424 g/mol. The van der Waals surface area contributed by atoms with Crippen molar-refractivity contribution in [3.05, 3.63) is 54.1 Å². The molecule has 0 aliphatic carbocycles. The molecule has 0 N–H and O–H groups in total. The van der Waals surface area contributed by atoms with Crippen molar-refractivity contribution < 1.29 is 31.5 Å². The molecule has 2 atom stereocenters. The molecule has 0 saturated carbocycles. The van der Waals surface area contributed by atoms with Crippen LogP contribution in [0.15, 0.2) is 53.4 Å².